The van der Waals surface area contributed by atoms with Crippen LogP contribution in [0.5, 0.6) is 0 Å². The van der Waals surface area contributed by atoms with Gasteiger partial charge in [0.25, 0.3) is 0 Å². The first kappa shape index (κ1) is 27.1. The van der Waals surface area contributed by atoms with E-state index in [0.29, 0.717) is 12.1 Å². The van der Waals surface area contributed by atoms with Crippen LogP contribution in [-0.2, 0) is 14.3 Å². The molecule has 8 nitrogen and oxygen atoms in total. The Balaban J connectivity index is 1.56. The second-order valence-corrected chi connectivity index (χ2v) is 13.0. The molecule has 3 aliphatic heterocycles. The number of rotatable bonds is 5. The number of nitrogens with zero attached hydrogens (tertiary/aromatic N) is 3. The third kappa shape index (κ3) is 5.09. The van der Waals surface area contributed by atoms with E-state index in [-0.39, 0.29) is 41.7 Å². The maximum absolute atomic E-state index is 14.7. The van der Waals surface area contributed by atoms with Gasteiger partial charge in [-0.3, -0.25) is 14.4 Å². The fraction of sp³-hybridized carbons (Fsp3) is 0.700. The van der Waals surface area contributed by atoms with Crippen molar-refractivity contribution < 1.29 is 19.1 Å². The summed E-state index contributed by atoms with van der Waals surface area (Å²) in [4.78, 5) is 46.8. The first-order valence-electron chi connectivity index (χ1n) is 14.4. The fourth-order valence-corrected chi connectivity index (χ4v) is 7.18. The van der Waals surface area contributed by atoms with Crippen LogP contribution in [0.25, 0.3) is 0 Å². The number of fused-ring (bicyclic) bond motifs is 1. The van der Waals surface area contributed by atoms with Crippen LogP contribution in [-0.4, -0.2) is 85.9 Å². The molecule has 2 N–H and O–H groups in total. The van der Waals surface area contributed by atoms with E-state index >= 15 is 0 Å². The molecule has 1 aromatic carbocycles. The Bertz CT molecular complexity index is 1070. The number of hydrogen-bond acceptors (Lipinski definition) is 6. The van der Waals surface area contributed by atoms with Crippen molar-refractivity contribution in [2.24, 2.45) is 23.0 Å². The summed E-state index contributed by atoms with van der Waals surface area (Å²) in [5.41, 5.74) is 7.98. The third-order valence-corrected chi connectivity index (χ3v) is 9.47. The summed E-state index contributed by atoms with van der Waals surface area (Å²) in [6.45, 7) is 10.7. The quantitative estimate of drug-likeness (QED) is 0.636. The molecule has 8 heteroatoms. The largest absolute Gasteiger partial charge is 0.369 e. The van der Waals surface area contributed by atoms with Crippen LogP contribution >= 0.6 is 0 Å². The van der Waals surface area contributed by atoms with Crippen molar-refractivity contribution in [3.63, 3.8) is 0 Å². The lowest BCUT2D eigenvalue weighted by atomic mass is 9.74. The molecule has 4 atom stereocenters. The minimum atomic E-state index is -0.546. The van der Waals surface area contributed by atoms with Crippen molar-refractivity contribution in [3.8, 4) is 0 Å². The molecule has 0 radical (unpaired) electrons. The molecule has 0 unspecified atom stereocenters. The number of ether oxygens (including phenoxy) is 1. The Morgan fingerprint density at radius 1 is 1.05 bits per heavy atom. The number of likely N-dealkylation sites (N-methyl/N-ethyl adjacent to an activating group) is 1. The third-order valence-electron chi connectivity index (χ3n) is 9.47. The van der Waals surface area contributed by atoms with Crippen LogP contribution in [0.2, 0.25) is 0 Å². The molecule has 0 bridgehead atoms. The summed E-state index contributed by atoms with van der Waals surface area (Å²) >= 11 is 0. The lowest BCUT2D eigenvalue weighted by Gasteiger charge is -2.37. The SMILES string of the molecule is CN1CCN(c2ccc(C(N)=O)c([C@@H](C(=O)N3C[C@@H](C(C)(C)C)[C@H]4OCC(=O)[C@H]43)C3CCCCC3)c2)CC1. The van der Waals surface area contributed by atoms with E-state index in [9.17, 15) is 14.4 Å². The van der Waals surface area contributed by atoms with E-state index < -0.39 is 17.9 Å². The topological polar surface area (TPSA) is 96.2 Å². The minimum absolute atomic E-state index is 0.0150. The number of hydrogen-bond donors (Lipinski definition) is 1. The molecular weight excluding hydrogens is 480 g/mol. The highest BCUT2D eigenvalue weighted by atomic mass is 16.5. The number of Topliss-reactive ketones (excluding diaryl/α,β-unsaturated/α-hetero) is 1. The van der Waals surface area contributed by atoms with E-state index in [1.807, 2.05) is 23.1 Å². The second kappa shape index (κ2) is 10.6. The Hall–Kier alpha value is -2.45. The molecule has 1 aromatic rings. The number of ketones is 1. The molecule has 2 amide bonds. The van der Waals surface area contributed by atoms with Gasteiger partial charge in [-0.2, -0.15) is 0 Å². The molecule has 1 aliphatic carbocycles. The van der Waals surface area contributed by atoms with Gasteiger partial charge in [-0.1, -0.05) is 40.0 Å². The average Bonchev–Trinajstić information content (AvgIpc) is 3.46. The van der Waals surface area contributed by atoms with Gasteiger partial charge in [0, 0.05) is 49.9 Å². The highest BCUT2D eigenvalue weighted by molar-refractivity contribution is 5.99. The van der Waals surface area contributed by atoms with Gasteiger partial charge in [-0.15, -0.1) is 0 Å². The maximum atomic E-state index is 14.7. The number of nitrogens with two attached hydrogens (primary N) is 1. The van der Waals surface area contributed by atoms with Gasteiger partial charge >= 0.3 is 0 Å². The zero-order valence-electron chi connectivity index (χ0n) is 23.4. The van der Waals surface area contributed by atoms with Crippen LogP contribution in [0, 0.1) is 17.3 Å². The first-order valence-corrected chi connectivity index (χ1v) is 14.4. The minimum Gasteiger partial charge on any atom is -0.369 e. The summed E-state index contributed by atoms with van der Waals surface area (Å²) in [6, 6.07) is 5.27. The lowest BCUT2D eigenvalue weighted by molar-refractivity contribution is -0.139. The molecule has 4 fully saturated rings. The normalized spacial score (nSPS) is 28.0. The molecule has 0 aromatic heterocycles. The molecule has 5 rings (SSSR count). The summed E-state index contributed by atoms with van der Waals surface area (Å²) in [5.74, 6) is -0.887. The smallest absolute Gasteiger partial charge is 0.249 e. The van der Waals surface area contributed by atoms with Crippen molar-refractivity contribution in [2.45, 2.75) is 70.9 Å². The number of amides is 2. The van der Waals surface area contributed by atoms with Crippen LogP contribution < -0.4 is 10.6 Å². The van der Waals surface area contributed by atoms with Crippen LogP contribution in [0.4, 0.5) is 5.69 Å². The van der Waals surface area contributed by atoms with E-state index in [1.165, 1.54) is 0 Å². The van der Waals surface area contributed by atoms with Crippen LogP contribution in [0.15, 0.2) is 18.2 Å². The molecular formula is C30H44N4O4. The van der Waals surface area contributed by atoms with Crippen molar-refractivity contribution in [1.29, 1.82) is 0 Å². The van der Waals surface area contributed by atoms with Gasteiger partial charge in [-0.05, 0) is 55.0 Å². The fourth-order valence-electron chi connectivity index (χ4n) is 7.18. The Kier molecular flexibility index (Phi) is 7.57. The van der Waals surface area contributed by atoms with E-state index in [0.717, 1.165) is 69.5 Å². The number of carbonyl (C=O) groups is 3. The highest BCUT2D eigenvalue weighted by Gasteiger charge is 2.56. The van der Waals surface area contributed by atoms with Gasteiger partial charge in [0.15, 0.2) is 5.78 Å². The van der Waals surface area contributed by atoms with Gasteiger partial charge in [0.05, 0.1) is 12.0 Å². The second-order valence-electron chi connectivity index (χ2n) is 13.0. The van der Waals surface area contributed by atoms with E-state index in [4.69, 9.17) is 10.5 Å². The number of likely N-dealkylation sites (tertiary alicyclic amines) is 1. The molecule has 4 aliphatic rings. The molecule has 208 valence electrons. The number of carbonyl (C=O) groups excluding carboxylic acids is 3. The Labute approximate surface area is 226 Å². The number of benzene rings is 1. The number of piperazine rings is 1. The zero-order chi connectivity index (χ0) is 27.2. The van der Waals surface area contributed by atoms with E-state index in [2.05, 4.69) is 37.6 Å². The van der Waals surface area contributed by atoms with Gasteiger partial charge in [0.1, 0.15) is 12.6 Å². The van der Waals surface area contributed by atoms with Crippen LogP contribution in [0.1, 0.15) is 74.7 Å². The first-order chi connectivity index (χ1) is 18.1. The number of primary amides is 1. The average molecular weight is 525 g/mol. The molecule has 3 saturated heterocycles. The molecule has 0 spiro atoms. The monoisotopic (exact) mass is 524 g/mol. The van der Waals surface area contributed by atoms with Crippen molar-refractivity contribution in [2.75, 3.05) is 51.3 Å². The van der Waals surface area contributed by atoms with Gasteiger partial charge in [-0.25, -0.2) is 0 Å². The lowest BCUT2D eigenvalue weighted by Crippen LogP contribution is -2.46. The van der Waals surface area contributed by atoms with Crippen molar-refractivity contribution >= 4 is 23.3 Å². The van der Waals surface area contributed by atoms with Gasteiger partial charge < -0.3 is 25.2 Å². The van der Waals surface area contributed by atoms with Crippen LogP contribution in [0.3, 0.4) is 0 Å². The van der Waals surface area contributed by atoms with E-state index in [1.54, 1.807) is 0 Å². The predicted octanol–water partition coefficient (Wildman–Crippen LogP) is 3.04. The standard InChI is InChI=1S/C30H44N4O4/c1-30(2,3)23-17-34(26-24(35)18-38-27(23)26)29(37)25(19-8-6-5-7-9-19)22-16-20(10-11-21(22)28(31)36)33-14-12-32(4)13-15-33/h10-11,16,19,23,25-27H,5-9,12-15,17-18H2,1-4H3,(H2,31,36)/t23-,25+,26-,27-/m1/s1. The van der Waals surface area contributed by atoms with Gasteiger partial charge in [0.2, 0.25) is 11.8 Å². The summed E-state index contributed by atoms with van der Waals surface area (Å²) in [5, 5.41) is 0. The zero-order valence-corrected chi connectivity index (χ0v) is 23.4. The maximum Gasteiger partial charge on any atom is 0.249 e. The van der Waals surface area contributed by atoms with Crippen molar-refractivity contribution in [3.05, 3.63) is 29.3 Å². The molecule has 1 saturated carbocycles. The Morgan fingerprint density at radius 3 is 2.37 bits per heavy atom. The van der Waals surface area contributed by atoms with Crippen molar-refractivity contribution in [1.82, 2.24) is 9.80 Å². The summed E-state index contributed by atoms with van der Waals surface area (Å²) in [7, 11) is 2.12. The molecule has 38 heavy (non-hydrogen) atoms. The molecule has 3 heterocycles. The highest BCUT2D eigenvalue weighted by Crippen LogP contribution is 2.45. The number of anilines is 1. The summed E-state index contributed by atoms with van der Waals surface area (Å²) < 4.78 is 5.98. The summed E-state index contributed by atoms with van der Waals surface area (Å²) in [6.07, 6.45) is 4.89. The predicted molar refractivity (Wildman–Crippen MR) is 147 cm³/mol. The Morgan fingerprint density at radius 2 is 1.74 bits per heavy atom.